The maximum Gasteiger partial charge on any atom is 0.330 e. The molecule has 1 aliphatic rings. The highest BCUT2D eigenvalue weighted by atomic mass is 79.9. The topological polar surface area (TPSA) is 103 Å². The molecule has 1 aromatic rings. The van der Waals surface area contributed by atoms with E-state index in [9.17, 15) is 14.7 Å². The number of aliphatic hydroxyl groups excluding tert-OH is 1. The predicted octanol–water partition coefficient (Wildman–Crippen LogP) is -0.781. The van der Waals surface area contributed by atoms with Gasteiger partial charge in [0, 0.05) is 20.4 Å². The minimum Gasteiger partial charge on any atom is -0.386 e. The van der Waals surface area contributed by atoms with Crippen molar-refractivity contribution in [2.45, 2.75) is 24.5 Å². The van der Waals surface area contributed by atoms with Gasteiger partial charge in [-0.2, -0.15) is 0 Å². The van der Waals surface area contributed by atoms with E-state index in [0.29, 0.717) is 0 Å². The molecule has 0 spiro atoms. The van der Waals surface area contributed by atoms with E-state index in [0.717, 1.165) is 4.57 Å². The Kier molecular flexibility index (Phi) is 4.76. The van der Waals surface area contributed by atoms with Gasteiger partial charge in [-0.05, 0) is 15.9 Å². The van der Waals surface area contributed by atoms with Crippen molar-refractivity contribution < 1.29 is 19.3 Å². The zero-order valence-corrected chi connectivity index (χ0v) is 12.5. The Labute approximate surface area is 122 Å². The summed E-state index contributed by atoms with van der Waals surface area (Å²) in [4.78, 5) is 25.2. The minimum absolute atomic E-state index is 0.164. The van der Waals surface area contributed by atoms with Gasteiger partial charge in [-0.1, -0.05) is 0 Å². The van der Waals surface area contributed by atoms with Crippen molar-refractivity contribution in [3.05, 3.63) is 31.5 Å². The van der Waals surface area contributed by atoms with Gasteiger partial charge in [-0.3, -0.25) is 14.3 Å². The van der Waals surface area contributed by atoms with E-state index in [1.165, 1.54) is 20.4 Å². The number of rotatable bonds is 4. The lowest BCUT2D eigenvalue weighted by atomic mass is 10.1. The van der Waals surface area contributed by atoms with E-state index in [1.807, 2.05) is 0 Å². The van der Waals surface area contributed by atoms with Crippen LogP contribution in [0.5, 0.6) is 0 Å². The van der Waals surface area contributed by atoms with E-state index in [-0.39, 0.29) is 11.1 Å². The van der Waals surface area contributed by atoms with Gasteiger partial charge in [0.2, 0.25) is 0 Å². The van der Waals surface area contributed by atoms with E-state index < -0.39 is 35.8 Å². The average Bonchev–Trinajstić information content (AvgIpc) is 2.71. The molecule has 20 heavy (non-hydrogen) atoms. The Hall–Kier alpha value is -1.00. The first kappa shape index (κ1) is 15.4. The van der Waals surface area contributed by atoms with Crippen LogP contribution in [0.4, 0.5) is 0 Å². The maximum absolute atomic E-state index is 11.8. The summed E-state index contributed by atoms with van der Waals surface area (Å²) in [6.45, 7) is 0.214. The molecule has 0 bridgehead atoms. The number of nitrogens with one attached hydrogen (secondary N) is 1. The molecule has 0 saturated carbocycles. The lowest BCUT2D eigenvalue weighted by molar-refractivity contribution is -0.0641. The molecule has 1 fully saturated rings. The zero-order valence-electron chi connectivity index (χ0n) is 10.9. The Balaban J connectivity index is 2.36. The standard InChI is InChI=1S/C11H15BrN2O6/c1-18-4-6-8(19-2)7(15)10(20-6)14-3-5(12)9(16)13-11(14)17/h3,6-8,10,15H,4H2,1-2H3,(H,13,16,17)/t6-,7+,8?,10-/m1/s1. The molecule has 1 aromatic heterocycles. The van der Waals surface area contributed by atoms with E-state index in [2.05, 4.69) is 20.9 Å². The Bertz CT molecular complexity index is 585. The summed E-state index contributed by atoms with van der Waals surface area (Å²) in [5, 5.41) is 10.2. The molecule has 0 aromatic carbocycles. The second-order valence-electron chi connectivity index (χ2n) is 4.35. The van der Waals surface area contributed by atoms with Crippen LogP contribution in [-0.4, -0.2) is 53.8 Å². The van der Waals surface area contributed by atoms with Crippen LogP contribution in [0.2, 0.25) is 0 Å². The zero-order chi connectivity index (χ0) is 14.9. The molecule has 4 atom stereocenters. The summed E-state index contributed by atoms with van der Waals surface area (Å²) in [6, 6.07) is 0. The molecular formula is C11H15BrN2O6. The first-order valence-electron chi connectivity index (χ1n) is 5.85. The molecule has 2 N–H and O–H groups in total. The fraction of sp³-hybridized carbons (Fsp3) is 0.636. The lowest BCUT2D eigenvalue weighted by Crippen LogP contribution is -2.38. The van der Waals surface area contributed by atoms with Crippen LogP contribution in [0.25, 0.3) is 0 Å². The molecule has 0 radical (unpaired) electrons. The van der Waals surface area contributed by atoms with Crippen molar-refractivity contribution in [1.29, 1.82) is 0 Å². The number of H-pyrrole nitrogens is 1. The van der Waals surface area contributed by atoms with Crippen molar-refractivity contribution in [1.82, 2.24) is 9.55 Å². The first-order valence-corrected chi connectivity index (χ1v) is 6.65. The summed E-state index contributed by atoms with van der Waals surface area (Å²) in [7, 11) is 2.94. The third kappa shape index (κ3) is 2.72. The smallest absolute Gasteiger partial charge is 0.330 e. The third-order valence-corrected chi connectivity index (χ3v) is 3.68. The van der Waals surface area contributed by atoms with Crippen LogP contribution in [0, 0.1) is 0 Å². The summed E-state index contributed by atoms with van der Waals surface area (Å²) in [5.41, 5.74) is -1.22. The normalized spacial score (nSPS) is 29.8. The quantitative estimate of drug-likeness (QED) is 0.738. The molecular weight excluding hydrogens is 336 g/mol. The van der Waals surface area contributed by atoms with Crippen LogP contribution < -0.4 is 11.2 Å². The number of ether oxygens (including phenoxy) is 3. The number of aromatic nitrogens is 2. The van der Waals surface area contributed by atoms with Gasteiger partial charge in [-0.15, -0.1) is 0 Å². The first-order chi connectivity index (χ1) is 9.49. The lowest BCUT2D eigenvalue weighted by Gasteiger charge is -2.18. The fourth-order valence-corrected chi connectivity index (χ4v) is 2.51. The summed E-state index contributed by atoms with van der Waals surface area (Å²) in [5.74, 6) is 0. The number of hydrogen-bond donors (Lipinski definition) is 2. The highest BCUT2D eigenvalue weighted by Crippen LogP contribution is 2.30. The Morgan fingerprint density at radius 1 is 1.50 bits per heavy atom. The fourth-order valence-electron chi connectivity index (χ4n) is 2.19. The molecule has 0 aliphatic carbocycles. The number of hydrogen-bond acceptors (Lipinski definition) is 6. The molecule has 112 valence electrons. The van der Waals surface area contributed by atoms with Gasteiger partial charge >= 0.3 is 5.69 Å². The maximum atomic E-state index is 11.8. The summed E-state index contributed by atoms with van der Waals surface area (Å²) >= 11 is 3.03. The molecule has 9 heteroatoms. The van der Waals surface area contributed by atoms with Crippen molar-refractivity contribution in [3.8, 4) is 0 Å². The molecule has 0 amide bonds. The molecule has 1 aliphatic heterocycles. The van der Waals surface area contributed by atoms with Gasteiger partial charge in [0.25, 0.3) is 5.56 Å². The van der Waals surface area contributed by atoms with Crippen LogP contribution in [0.15, 0.2) is 20.3 Å². The minimum atomic E-state index is -1.06. The summed E-state index contributed by atoms with van der Waals surface area (Å²) < 4.78 is 17.0. The second kappa shape index (κ2) is 6.19. The van der Waals surface area contributed by atoms with Crippen LogP contribution in [0.1, 0.15) is 6.23 Å². The third-order valence-electron chi connectivity index (χ3n) is 3.11. The average molecular weight is 351 g/mol. The largest absolute Gasteiger partial charge is 0.386 e. The second-order valence-corrected chi connectivity index (χ2v) is 5.21. The van der Waals surface area contributed by atoms with Gasteiger partial charge < -0.3 is 19.3 Å². The predicted molar refractivity (Wildman–Crippen MR) is 71.6 cm³/mol. The molecule has 1 unspecified atom stereocenters. The molecule has 2 heterocycles. The van der Waals surface area contributed by atoms with Crippen molar-refractivity contribution in [2.24, 2.45) is 0 Å². The monoisotopic (exact) mass is 350 g/mol. The van der Waals surface area contributed by atoms with Crippen molar-refractivity contribution in [2.75, 3.05) is 20.8 Å². The number of methoxy groups -OCH3 is 2. The van der Waals surface area contributed by atoms with Gasteiger partial charge in [0.15, 0.2) is 6.23 Å². The Morgan fingerprint density at radius 3 is 2.80 bits per heavy atom. The van der Waals surface area contributed by atoms with E-state index >= 15 is 0 Å². The van der Waals surface area contributed by atoms with Crippen LogP contribution in [0.3, 0.4) is 0 Å². The number of aromatic amines is 1. The number of aliphatic hydroxyl groups is 1. The van der Waals surface area contributed by atoms with Gasteiger partial charge in [-0.25, -0.2) is 4.79 Å². The highest BCUT2D eigenvalue weighted by molar-refractivity contribution is 9.10. The van der Waals surface area contributed by atoms with Gasteiger partial charge in [0.05, 0.1) is 11.1 Å². The van der Waals surface area contributed by atoms with Crippen molar-refractivity contribution >= 4 is 15.9 Å². The number of halogens is 1. The molecule has 8 nitrogen and oxygen atoms in total. The van der Waals surface area contributed by atoms with Crippen LogP contribution in [-0.2, 0) is 14.2 Å². The van der Waals surface area contributed by atoms with E-state index in [4.69, 9.17) is 14.2 Å². The van der Waals surface area contributed by atoms with Crippen molar-refractivity contribution in [3.63, 3.8) is 0 Å². The van der Waals surface area contributed by atoms with Gasteiger partial charge in [0.1, 0.15) is 18.3 Å². The Morgan fingerprint density at radius 2 is 2.20 bits per heavy atom. The SMILES string of the molecule is COC[C@H]1O[C@@H](n2cc(Br)c(=O)[nH]c2=O)[C@@H](O)C1OC. The summed E-state index contributed by atoms with van der Waals surface area (Å²) in [6.07, 6.45) is -1.88. The molecule has 1 saturated heterocycles. The van der Waals surface area contributed by atoms with Crippen LogP contribution >= 0.6 is 15.9 Å². The number of nitrogens with zero attached hydrogens (tertiary/aromatic N) is 1. The highest BCUT2D eigenvalue weighted by Gasteiger charge is 2.45. The van der Waals surface area contributed by atoms with E-state index in [1.54, 1.807) is 0 Å². The molecule has 2 rings (SSSR count).